The summed E-state index contributed by atoms with van der Waals surface area (Å²) in [6, 6.07) is 4.64. The van der Waals surface area contributed by atoms with Crippen LogP contribution in [0.4, 0.5) is 5.69 Å². The first-order valence-electron chi connectivity index (χ1n) is 10.1. The summed E-state index contributed by atoms with van der Waals surface area (Å²) in [7, 11) is 1.55. The van der Waals surface area contributed by atoms with Gasteiger partial charge in [-0.2, -0.15) is 5.26 Å². The second-order valence-electron chi connectivity index (χ2n) is 8.31. The van der Waals surface area contributed by atoms with Crippen LogP contribution in [0.1, 0.15) is 56.9 Å². The van der Waals surface area contributed by atoms with Gasteiger partial charge < -0.3 is 14.5 Å². The lowest BCUT2D eigenvalue weighted by atomic mass is 9.73. The van der Waals surface area contributed by atoms with Crippen LogP contribution in [0.25, 0.3) is 0 Å². The highest BCUT2D eigenvalue weighted by Crippen LogP contribution is 2.43. The first-order chi connectivity index (χ1) is 13.2. The van der Waals surface area contributed by atoms with E-state index in [4.69, 9.17) is 4.74 Å². The van der Waals surface area contributed by atoms with Crippen molar-refractivity contribution >= 4 is 11.6 Å². The van der Waals surface area contributed by atoms with Crippen molar-refractivity contribution in [1.82, 2.24) is 9.88 Å². The number of carbonyl (C=O) groups excluding carboxylic acids is 1. The highest BCUT2D eigenvalue weighted by Gasteiger charge is 2.44. The average molecular weight is 368 g/mol. The minimum Gasteiger partial charge on any atom is -0.480 e. The van der Waals surface area contributed by atoms with Crippen LogP contribution in [-0.4, -0.2) is 48.6 Å². The molecular formula is C21H28N4O2. The Morgan fingerprint density at radius 3 is 2.81 bits per heavy atom. The number of nitriles is 1. The lowest BCUT2D eigenvalue weighted by Gasteiger charge is -2.50. The van der Waals surface area contributed by atoms with Crippen LogP contribution >= 0.6 is 0 Å². The number of piperidine rings is 2. The van der Waals surface area contributed by atoms with Crippen molar-refractivity contribution in [2.24, 2.45) is 5.41 Å². The lowest BCUT2D eigenvalue weighted by Crippen LogP contribution is -2.56. The molecule has 6 nitrogen and oxygen atoms in total. The van der Waals surface area contributed by atoms with Crippen molar-refractivity contribution in [2.45, 2.75) is 57.4 Å². The fraction of sp³-hybridized carbons (Fsp3) is 0.667. The van der Waals surface area contributed by atoms with Gasteiger partial charge >= 0.3 is 0 Å². The van der Waals surface area contributed by atoms with Gasteiger partial charge in [-0.3, -0.25) is 4.79 Å². The van der Waals surface area contributed by atoms with E-state index in [-0.39, 0.29) is 5.41 Å². The van der Waals surface area contributed by atoms with Crippen LogP contribution in [0.15, 0.2) is 12.3 Å². The Balaban J connectivity index is 1.58. The zero-order valence-electron chi connectivity index (χ0n) is 16.1. The van der Waals surface area contributed by atoms with Gasteiger partial charge in [0.1, 0.15) is 11.6 Å². The van der Waals surface area contributed by atoms with Crippen LogP contribution in [0, 0.1) is 16.7 Å². The van der Waals surface area contributed by atoms with Gasteiger partial charge in [-0.05, 0) is 38.2 Å². The molecule has 3 heterocycles. The predicted molar refractivity (Wildman–Crippen MR) is 103 cm³/mol. The van der Waals surface area contributed by atoms with E-state index < -0.39 is 0 Å². The number of likely N-dealkylation sites (tertiary alicyclic amines) is 1. The Morgan fingerprint density at radius 1 is 1.26 bits per heavy atom. The molecule has 1 atom stereocenters. The zero-order valence-corrected chi connectivity index (χ0v) is 16.1. The molecule has 2 saturated heterocycles. The van der Waals surface area contributed by atoms with Crippen LogP contribution in [0.3, 0.4) is 0 Å². The summed E-state index contributed by atoms with van der Waals surface area (Å²) in [5, 5.41) is 9.63. The van der Waals surface area contributed by atoms with E-state index in [1.807, 2.05) is 6.07 Å². The Hall–Kier alpha value is -2.29. The predicted octanol–water partition coefficient (Wildman–Crippen LogP) is 3.11. The number of carbonyl (C=O) groups is 1. The number of amides is 1. The second-order valence-corrected chi connectivity index (χ2v) is 8.31. The molecule has 1 aliphatic carbocycles. The molecule has 0 aromatic carbocycles. The summed E-state index contributed by atoms with van der Waals surface area (Å²) in [6.07, 6.45) is 10.4. The average Bonchev–Trinajstić information content (AvgIpc) is 3.24. The van der Waals surface area contributed by atoms with Gasteiger partial charge in [-0.25, -0.2) is 4.98 Å². The van der Waals surface area contributed by atoms with Crippen molar-refractivity contribution in [3.63, 3.8) is 0 Å². The van der Waals surface area contributed by atoms with Gasteiger partial charge in [0.15, 0.2) is 0 Å². The van der Waals surface area contributed by atoms with Gasteiger partial charge in [-0.1, -0.05) is 12.8 Å². The highest BCUT2D eigenvalue weighted by molar-refractivity contribution is 5.77. The molecule has 1 amide bonds. The minimum absolute atomic E-state index is 0.137. The SMILES string of the molecule is COc1nccc(N2CCC[C@]3(CCC(=O)N(C4CCCC4)C3)C2)c1C#N. The third kappa shape index (κ3) is 3.36. The summed E-state index contributed by atoms with van der Waals surface area (Å²) in [5.41, 5.74) is 1.56. The van der Waals surface area contributed by atoms with Gasteiger partial charge in [0, 0.05) is 43.7 Å². The van der Waals surface area contributed by atoms with E-state index in [1.54, 1.807) is 13.3 Å². The number of methoxy groups -OCH3 is 1. The minimum atomic E-state index is 0.137. The molecule has 0 N–H and O–H groups in total. The topological polar surface area (TPSA) is 69.5 Å². The molecule has 1 spiro atoms. The molecular weight excluding hydrogens is 340 g/mol. The maximum absolute atomic E-state index is 12.6. The summed E-state index contributed by atoms with van der Waals surface area (Å²) >= 11 is 0. The molecule has 3 aliphatic rings. The normalized spacial score (nSPS) is 26.4. The molecule has 3 fully saturated rings. The van der Waals surface area contributed by atoms with Gasteiger partial charge in [0.2, 0.25) is 11.8 Å². The number of anilines is 1. The van der Waals surface area contributed by atoms with E-state index in [0.717, 1.165) is 57.4 Å². The molecule has 1 aromatic rings. The van der Waals surface area contributed by atoms with Crippen LogP contribution in [0.5, 0.6) is 5.88 Å². The van der Waals surface area contributed by atoms with Gasteiger partial charge in [-0.15, -0.1) is 0 Å². The summed E-state index contributed by atoms with van der Waals surface area (Å²) in [6.45, 7) is 2.70. The maximum atomic E-state index is 12.6. The van der Waals surface area contributed by atoms with Gasteiger partial charge in [0.05, 0.1) is 12.8 Å². The van der Waals surface area contributed by atoms with Crippen LogP contribution in [-0.2, 0) is 4.79 Å². The lowest BCUT2D eigenvalue weighted by molar-refractivity contribution is -0.140. The van der Waals surface area contributed by atoms with E-state index in [9.17, 15) is 10.1 Å². The Morgan fingerprint density at radius 2 is 2.07 bits per heavy atom. The van der Waals surface area contributed by atoms with E-state index in [2.05, 4.69) is 20.9 Å². The third-order valence-corrected chi connectivity index (χ3v) is 6.66. The molecule has 4 rings (SSSR count). The summed E-state index contributed by atoms with van der Waals surface area (Å²) < 4.78 is 5.29. The van der Waals surface area contributed by atoms with E-state index in [0.29, 0.717) is 29.8 Å². The van der Waals surface area contributed by atoms with Gasteiger partial charge in [0.25, 0.3) is 0 Å². The molecule has 6 heteroatoms. The first kappa shape index (κ1) is 18.1. The summed E-state index contributed by atoms with van der Waals surface area (Å²) in [4.78, 5) is 21.3. The smallest absolute Gasteiger partial charge is 0.233 e. The Kier molecular flexibility index (Phi) is 4.94. The number of aromatic nitrogens is 1. The number of nitrogens with zero attached hydrogens (tertiary/aromatic N) is 4. The number of pyridine rings is 1. The number of hydrogen-bond donors (Lipinski definition) is 0. The van der Waals surface area contributed by atoms with Crippen LogP contribution in [0.2, 0.25) is 0 Å². The van der Waals surface area contributed by atoms with E-state index in [1.165, 1.54) is 12.8 Å². The number of rotatable bonds is 3. The molecule has 0 radical (unpaired) electrons. The number of ether oxygens (including phenoxy) is 1. The third-order valence-electron chi connectivity index (χ3n) is 6.66. The Bertz CT molecular complexity index is 753. The standard InChI is InChI=1S/C21H28N4O2/c1-27-20-17(13-22)18(8-11-23-20)24-12-4-9-21(14-24)10-7-19(26)25(15-21)16-5-2-3-6-16/h8,11,16H,2-7,9-10,12,14-15H2,1H3/t21-/m0/s1. The fourth-order valence-electron chi connectivity index (χ4n) is 5.30. The summed E-state index contributed by atoms with van der Waals surface area (Å²) in [5.74, 6) is 0.731. The molecule has 1 aromatic heterocycles. The first-order valence-corrected chi connectivity index (χ1v) is 10.1. The molecule has 0 bridgehead atoms. The monoisotopic (exact) mass is 368 g/mol. The number of hydrogen-bond acceptors (Lipinski definition) is 5. The quantitative estimate of drug-likeness (QED) is 0.820. The molecule has 0 unspecified atom stereocenters. The Labute approximate surface area is 161 Å². The van der Waals surface area contributed by atoms with Crippen molar-refractivity contribution in [1.29, 1.82) is 5.26 Å². The van der Waals surface area contributed by atoms with Crippen molar-refractivity contribution in [2.75, 3.05) is 31.6 Å². The maximum Gasteiger partial charge on any atom is 0.233 e. The highest BCUT2D eigenvalue weighted by atomic mass is 16.5. The van der Waals surface area contributed by atoms with E-state index >= 15 is 0 Å². The fourth-order valence-corrected chi connectivity index (χ4v) is 5.30. The van der Waals surface area contributed by atoms with Crippen molar-refractivity contribution in [3.8, 4) is 11.9 Å². The molecule has 2 aliphatic heterocycles. The molecule has 27 heavy (non-hydrogen) atoms. The van der Waals surface area contributed by atoms with Crippen LogP contribution < -0.4 is 9.64 Å². The molecule has 1 saturated carbocycles. The largest absolute Gasteiger partial charge is 0.480 e. The van der Waals surface area contributed by atoms with Crippen molar-refractivity contribution < 1.29 is 9.53 Å². The zero-order chi connectivity index (χ0) is 18.9. The second kappa shape index (κ2) is 7.38. The van der Waals surface area contributed by atoms with Crippen molar-refractivity contribution in [3.05, 3.63) is 17.8 Å². The molecule has 144 valence electrons.